The molecule has 0 amide bonds. The molecule has 7 nitrogen and oxygen atoms in total. The van der Waals surface area contributed by atoms with Crippen LogP contribution in [0.1, 0.15) is 52.5 Å². The van der Waals surface area contributed by atoms with E-state index in [2.05, 4.69) is 4.90 Å². The molecule has 4 aromatic rings. The van der Waals surface area contributed by atoms with Crippen LogP contribution >= 0.6 is 11.3 Å². The Kier molecular flexibility index (Phi) is 8.57. The van der Waals surface area contributed by atoms with Crippen molar-refractivity contribution in [3.8, 4) is 21.9 Å². The SMILES string of the molecule is COC(=O)c1ccc2c(C(=O)c3ccc(OCCN4CCCCC4)cc3)c(-c3ccc(OC(C)=O)cc3)sc2c1. The Hall–Kier alpha value is -4.01. The third-order valence-electron chi connectivity index (χ3n) is 6.96. The Morgan fingerprint density at radius 3 is 2.20 bits per heavy atom. The molecule has 3 aromatic carbocycles. The summed E-state index contributed by atoms with van der Waals surface area (Å²) in [6.45, 7) is 5.11. The van der Waals surface area contributed by atoms with Crippen LogP contribution in [0.5, 0.6) is 11.5 Å². The maximum absolute atomic E-state index is 13.9. The predicted molar refractivity (Wildman–Crippen MR) is 156 cm³/mol. The van der Waals surface area contributed by atoms with Gasteiger partial charge in [-0.2, -0.15) is 0 Å². The number of nitrogens with zero attached hydrogens (tertiary/aromatic N) is 1. The molecule has 1 aliphatic heterocycles. The van der Waals surface area contributed by atoms with E-state index < -0.39 is 11.9 Å². The van der Waals surface area contributed by atoms with Crippen LogP contribution in [0.3, 0.4) is 0 Å². The molecule has 1 aliphatic rings. The lowest BCUT2D eigenvalue weighted by atomic mass is 9.97. The number of rotatable bonds is 9. The average Bonchev–Trinajstić information content (AvgIpc) is 3.36. The summed E-state index contributed by atoms with van der Waals surface area (Å²) in [6.07, 6.45) is 3.80. The maximum atomic E-state index is 13.9. The summed E-state index contributed by atoms with van der Waals surface area (Å²) in [5, 5.41) is 0.753. The summed E-state index contributed by atoms with van der Waals surface area (Å²) in [6, 6.07) is 19.5. The monoisotopic (exact) mass is 557 g/mol. The number of esters is 2. The minimum absolute atomic E-state index is 0.129. The molecule has 0 saturated carbocycles. The third-order valence-corrected chi connectivity index (χ3v) is 8.16. The van der Waals surface area contributed by atoms with Gasteiger partial charge in [0.1, 0.15) is 18.1 Å². The van der Waals surface area contributed by atoms with Gasteiger partial charge in [-0.1, -0.05) is 12.5 Å². The highest BCUT2D eigenvalue weighted by molar-refractivity contribution is 7.22. The number of carbonyl (C=O) groups excluding carboxylic acids is 3. The highest BCUT2D eigenvalue weighted by Crippen LogP contribution is 2.41. The van der Waals surface area contributed by atoms with Gasteiger partial charge in [-0.3, -0.25) is 14.5 Å². The van der Waals surface area contributed by atoms with E-state index in [0.29, 0.717) is 29.0 Å². The van der Waals surface area contributed by atoms with Crippen molar-refractivity contribution in [2.45, 2.75) is 26.2 Å². The molecule has 0 N–H and O–H groups in total. The molecule has 8 heteroatoms. The van der Waals surface area contributed by atoms with Gasteiger partial charge < -0.3 is 14.2 Å². The van der Waals surface area contributed by atoms with Crippen molar-refractivity contribution >= 4 is 39.1 Å². The van der Waals surface area contributed by atoms with E-state index in [0.717, 1.165) is 45.9 Å². The van der Waals surface area contributed by atoms with Crippen molar-refractivity contribution in [1.29, 1.82) is 0 Å². The number of hydrogen-bond donors (Lipinski definition) is 0. The Labute approximate surface area is 237 Å². The van der Waals surface area contributed by atoms with Gasteiger partial charge in [0.25, 0.3) is 0 Å². The first-order valence-electron chi connectivity index (χ1n) is 13.4. The number of piperidine rings is 1. The van der Waals surface area contributed by atoms with Crippen LogP contribution in [0.2, 0.25) is 0 Å². The van der Waals surface area contributed by atoms with Gasteiger partial charge in [0, 0.05) is 39.6 Å². The topological polar surface area (TPSA) is 82.1 Å². The summed E-state index contributed by atoms with van der Waals surface area (Å²) in [4.78, 5) is 40.6. The van der Waals surface area contributed by atoms with Crippen LogP contribution in [0.25, 0.3) is 20.5 Å². The van der Waals surface area contributed by atoms with Crippen molar-refractivity contribution in [3.63, 3.8) is 0 Å². The molecule has 1 fully saturated rings. The van der Waals surface area contributed by atoms with Crippen LogP contribution in [0, 0.1) is 0 Å². The summed E-state index contributed by atoms with van der Waals surface area (Å²) in [5.41, 5.74) is 2.31. The van der Waals surface area contributed by atoms with E-state index in [1.807, 2.05) is 24.3 Å². The lowest BCUT2D eigenvalue weighted by molar-refractivity contribution is -0.131. The second kappa shape index (κ2) is 12.4. The van der Waals surface area contributed by atoms with Gasteiger partial charge in [-0.05, 0) is 92.2 Å². The van der Waals surface area contributed by atoms with Crippen molar-refractivity contribution in [3.05, 3.63) is 83.4 Å². The quantitative estimate of drug-likeness (QED) is 0.134. The van der Waals surface area contributed by atoms with Gasteiger partial charge in [0.05, 0.1) is 12.7 Å². The molecule has 1 aromatic heterocycles. The van der Waals surface area contributed by atoms with E-state index in [9.17, 15) is 14.4 Å². The Balaban J connectivity index is 1.43. The summed E-state index contributed by atoms with van der Waals surface area (Å²) >= 11 is 1.42. The number of likely N-dealkylation sites (tertiary alicyclic amines) is 1. The van der Waals surface area contributed by atoms with E-state index in [1.54, 1.807) is 42.5 Å². The maximum Gasteiger partial charge on any atom is 0.337 e. The minimum Gasteiger partial charge on any atom is -0.492 e. The number of methoxy groups -OCH3 is 1. The number of benzene rings is 3. The van der Waals surface area contributed by atoms with E-state index in [4.69, 9.17) is 14.2 Å². The first-order valence-corrected chi connectivity index (χ1v) is 14.2. The largest absolute Gasteiger partial charge is 0.492 e. The lowest BCUT2D eigenvalue weighted by Gasteiger charge is -2.26. The first kappa shape index (κ1) is 27.6. The fraction of sp³-hybridized carbons (Fsp3) is 0.281. The molecule has 0 radical (unpaired) electrons. The van der Waals surface area contributed by atoms with Gasteiger partial charge >= 0.3 is 11.9 Å². The zero-order valence-electron chi connectivity index (χ0n) is 22.6. The molecule has 0 unspecified atom stereocenters. The van der Waals surface area contributed by atoms with Crippen LogP contribution in [-0.4, -0.2) is 56.0 Å². The number of ketones is 1. The molecule has 0 bridgehead atoms. The van der Waals surface area contributed by atoms with Gasteiger partial charge in [0.15, 0.2) is 5.78 Å². The average molecular weight is 558 g/mol. The van der Waals surface area contributed by atoms with E-state index in [-0.39, 0.29) is 5.78 Å². The number of ether oxygens (including phenoxy) is 3. The molecular formula is C32H31NO6S. The molecule has 1 saturated heterocycles. The number of hydrogen-bond acceptors (Lipinski definition) is 8. The Morgan fingerprint density at radius 2 is 1.52 bits per heavy atom. The minimum atomic E-state index is -0.439. The Morgan fingerprint density at radius 1 is 0.850 bits per heavy atom. The van der Waals surface area contributed by atoms with Gasteiger partial charge in [0.2, 0.25) is 0 Å². The van der Waals surface area contributed by atoms with E-state index >= 15 is 0 Å². The molecule has 0 spiro atoms. The predicted octanol–water partition coefficient (Wildman–Crippen LogP) is 6.38. The molecule has 40 heavy (non-hydrogen) atoms. The lowest BCUT2D eigenvalue weighted by Crippen LogP contribution is -2.33. The molecule has 0 aliphatic carbocycles. The second-order valence-electron chi connectivity index (χ2n) is 9.73. The number of fused-ring (bicyclic) bond motifs is 1. The van der Waals surface area contributed by atoms with Crippen LogP contribution in [0.15, 0.2) is 66.7 Å². The van der Waals surface area contributed by atoms with Crippen molar-refractivity contribution < 1.29 is 28.6 Å². The molecule has 2 heterocycles. The fourth-order valence-corrected chi connectivity index (χ4v) is 6.18. The van der Waals surface area contributed by atoms with Crippen molar-refractivity contribution in [1.82, 2.24) is 4.90 Å². The Bertz CT molecular complexity index is 1520. The smallest absolute Gasteiger partial charge is 0.337 e. The summed E-state index contributed by atoms with van der Waals surface area (Å²) in [5.74, 6) is 0.184. The molecular weight excluding hydrogens is 526 g/mol. The molecule has 5 rings (SSSR count). The number of thiophene rings is 1. The molecule has 206 valence electrons. The number of carbonyl (C=O) groups is 3. The summed E-state index contributed by atoms with van der Waals surface area (Å²) < 4.78 is 16.8. The second-order valence-corrected chi connectivity index (χ2v) is 10.8. The standard InChI is InChI=1S/C32H31NO6S/c1-21(34)39-26-13-8-23(9-14-26)31-29(27-15-10-24(32(36)37-2)20-28(27)40-31)30(35)22-6-11-25(12-7-22)38-19-18-33-16-4-3-5-17-33/h6-15,20H,3-5,16-19H2,1-2H3. The van der Waals surface area contributed by atoms with Crippen LogP contribution in [-0.2, 0) is 9.53 Å². The van der Waals surface area contributed by atoms with Crippen molar-refractivity contribution in [2.75, 3.05) is 33.4 Å². The van der Waals surface area contributed by atoms with Crippen LogP contribution in [0.4, 0.5) is 0 Å². The van der Waals surface area contributed by atoms with Gasteiger partial charge in [-0.15, -0.1) is 11.3 Å². The zero-order chi connectivity index (χ0) is 28.1. The van der Waals surface area contributed by atoms with Crippen molar-refractivity contribution in [2.24, 2.45) is 0 Å². The fourth-order valence-electron chi connectivity index (χ4n) is 4.93. The third kappa shape index (κ3) is 6.24. The first-order chi connectivity index (χ1) is 19.4. The van der Waals surface area contributed by atoms with Gasteiger partial charge in [-0.25, -0.2) is 4.79 Å². The van der Waals surface area contributed by atoms with E-state index in [1.165, 1.54) is 44.6 Å². The molecule has 0 atom stereocenters. The zero-order valence-corrected chi connectivity index (χ0v) is 23.4. The van der Waals surface area contributed by atoms with Crippen LogP contribution < -0.4 is 9.47 Å². The normalized spacial score (nSPS) is 13.7. The summed E-state index contributed by atoms with van der Waals surface area (Å²) in [7, 11) is 1.34. The highest BCUT2D eigenvalue weighted by atomic mass is 32.1. The highest BCUT2D eigenvalue weighted by Gasteiger charge is 2.23.